The Kier molecular flexibility index (Phi) is 4.21. The van der Waals surface area contributed by atoms with Crippen LogP contribution in [0.1, 0.15) is 30.0 Å². The molecule has 1 atom stereocenters. The summed E-state index contributed by atoms with van der Waals surface area (Å²) in [7, 11) is 1.74. The minimum Gasteiger partial charge on any atom is -0.469 e. The van der Waals surface area contributed by atoms with Crippen molar-refractivity contribution in [3.05, 3.63) is 23.7 Å². The molecule has 0 fully saturated rings. The highest BCUT2D eigenvalue weighted by atomic mass is 35.5. The van der Waals surface area contributed by atoms with Gasteiger partial charge in [-0.3, -0.25) is 4.79 Å². The molecule has 0 saturated heterocycles. The Balaban J connectivity index is 2.76. The molecule has 0 saturated carbocycles. The number of aryl methyl sites for hydroxylation is 1. The van der Waals surface area contributed by atoms with E-state index in [9.17, 15) is 4.79 Å². The smallest absolute Gasteiger partial charge is 0.257 e. The molecule has 0 aromatic carbocycles. The van der Waals surface area contributed by atoms with E-state index < -0.39 is 0 Å². The molecule has 0 aliphatic carbocycles. The topological polar surface area (TPSA) is 33.5 Å². The van der Waals surface area contributed by atoms with Crippen molar-refractivity contribution in [2.45, 2.75) is 25.6 Å². The highest BCUT2D eigenvalue weighted by Crippen LogP contribution is 2.13. The summed E-state index contributed by atoms with van der Waals surface area (Å²) < 4.78 is 5.21. The number of furan rings is 1. The maximum Gasteiger partial charge on any atom is 0.257 e. The number of carbonyl (C=O) groups is 1. The van der Waals surface area contributed by atoms with E-state index in [1.54, 1.807) is 24.3 Å². The second kappa shape index (κ2) is 5.21. The zero-order valence-corrected chi connectivity index (χ0v) is 10.0. The van der Waals surface area contributed by atoms with Gasteiger partial charge in [0, 0.05) is 25.4 Å². The Morgan fingerprint density at radius 1 is 1.67 bits per heavy atom. The maximum atomic E-state index is 11.9. The fourth-order valence-corrected chi connectivity index (χ4v) is 1.68. The maximum absolute atomic E-state index is 11.9. The van der Waals surface area contributed by atoms with Crippen LogP contribution in [0, 0.1) is 0 Å². The number of amides is 1. The molecule has 15 heavy (non-hydrogen) atoms. The molecule has 0 aliphatic rings. The van der Waals surface area contributed by atoms with Gasteiger partial charge in [-0.15, -0.1) is 11.6 Å². The van der Waals surface area contributed by atoms with Crippen molar-refractivity contribution in [3.63, 3.8) is 0 Å². The van der Waals surface area contributed by atoms with Gasteiger partial charge in [-0.1, -0.05) is 6.92 Å². The van der Waals surface area contributed by atoms with Crippen LogP contribution in [0.25, 0.3) is 0 Å². The molecule has 0 radical (unpaired) electrons. The van der Waals surface area contributed by atoms with E-state index in [1.807, 2.05) is 13.8 Å². The Morgan fingerprint density at radius 3 is 2.87 bits per heavy atom. The van der Waals surface area contributed by atoms with E-state index in [1.165, 1.54) is 0 Å². The first kappa shape index (κ1) is 12.1. The fourth-order valence-electron chi connectivity index (χ4n) is 1.47. The summed E-state index contributed by atoms with van der Waals surface area (Å²) in [5.74, 6) is 0.696. The lowest BCUT2D eigenvalue weighted by Gasteiger charge is -2.18. The second-order valence-electron chi connectivity index (χ2n) is 3.58. The molecule has 1 unspecified atom stereocenters. The third-order valence-electron chi connectivity index (χ3n) is 2.17. The van der Waals surface area contributed by atoms with Crippen LogP contribution in [-0.4, -0.2) is 29.8 Å². The molecule has 3 nitrogen and oxygen atoms in total. The van der Waals surface area contributed by atoms with E-state index >= 15 is 0 Å². The molecule has 0 spiro atoms. The van der Waals surface area contributed by atoms with Crippen LogP contribution in [0.15, 0.2) is 16.7 Å². The zero-order valence-electron chi connectivity index (χ0n) is 9.29. The third kappa shape index (κ3) is 2.99. The molecular weight excluding hydrogens is 214 g/mol. The van der Waals surface area contributed by atoms with Crippen molar-refractivity contribution in [2.75, 3.05) is 13.6 Å². The van der Waals surface area contributed by atoms with Gasteiger partial charge < -0.3 is 9.32 Å². The normalized spacial score (nSPS) is 12.5. The average Bonchev–Trinajstić information content (AvgIpc) is 2.62. The van der Waals surface area contributed by atoms with Gasteiger partial charge in [0.15, 0.2) is 0 Å². The van der Waals surface area contributed by atoms with Crippen LogP contribution in [0.3, 0.4) is 0 Å². The monoisotopic (exact) mass is 229 g/mol. The van der Waals surface area contributed by atoms with Gasteiger partial charge in [0.1, 0.15) is 5.76 Å². The van der Waals surface area contributed by atoms with Crippen molar-refractivity contribution >= 4 is 17.5 Å². The van der Waals surface area contributed by atoms with E-state index in [4.69, 9.17) is 16.0 Å². The van der Waals surface area contributed by atoms with Gasteiger partial charge in [-0.25, -0.2) is 0 Å². The predicted molar refractivity (Wildman–Crippen MR) is 60.4 cm³/mol. The molecule has 1 amide bonds. The van der Waals surface area contributed by atoms with Crippen molar-refractivity contribution in [1.29, 1.82) is 0 Å². The molecule has 84 valence electrons. The predicted octanol–water partition coefficient (Wildman–Crippen LogP) is 2.54. The van der Waals surface area contributed by atoms with E-state index in [0.717, 1.165) is 12.2 Å². The molecule has 1 heterocycles. The number of halogens is 1. The number of rotatable bonds is 4. The van der Waals surface area contributed by atoms with Crippen molar-refractivity contribution in [2.24, 2.45) is 0 Å². The lowest BCUT2D eigenvalue weighted by atomic mass is 10.2. The number of nitrogens with zero attached hydrogens (tertiary/aromatic N) is 1. The van der Waals surface area contributed by atoms with Gasteiger partial charge in [-0.2, -0.15) is 0 Å². The summed E-state index contributed by atoms with van der Waals surface area (Å²) in [6.45, 7) is 4.36. The van der Waals surface area contributed by atoms with Crippen LogP contribution in [-0.2, 0) is 6.42 Å². The summed E-state index contributed by atoms with van der Waals surface area (Å²) in [6, 6.07) is 1.70. The van der Waals surface area contributed by atoms with E-state index in [-0.39, 0.29) is 11.3 Å². The van der Waals surface area contributed by atoms with Gasteiger partial charge >= 0.3 is 0 Å². The Labute approximate surface area is 95.0 Å². The van der Waals surface area contributed by atoms with E-state index in [2.05, 4.69) is 0 Å². The molecule has 4 heteroatoms. The summed E-state index contributed by atoms with van der Waals surface area (Å²) in [6.07, 6.45) is 2.27. The summed E-state index contributed by atoms with van der Waals surface area (Å²) in [5, 5.41) is -0.0454. The van der Waals surface area contributed by atoms with Crippen LogP contribution in [0.5, 0.6) is 0 Å². The van der Waals surface area contributed by atoms with Crippen LogP contribution < -0.4 is 0 Å². The van der Waals surface area contributed by atoms with Gasteiger partial charge in [0.25, 0.3) is 5.91 Å². The minimum atomic E-state index is -0.0454. The zero-order chi connectivity index (χ0) is 11.4. The van der Waals surface area contributed by atoms with E-state index in [0.29, 0.717) is 12.1 Å². The first-order valence-corrected chi connectivity index (χ1v) is 5.45. The van der Waals surface area contributed by atoms with Crippen molar-refractivity contribution in [1.82, 2.24) is 4.90 Å². The number of carbonyl (C=O) groups excluding carboxylic acids is 1. The van der Waals surface area contributed by atoms with Crippen molar-refractivity contribution < 1.29 is 9.21 Å². The molecule has 0 N–H and O–H groups in total. The van der Waals surface area contributed by atoms with Crippen LogP contribution in [0.4, 0.5) is 0 Å². The molecule has 0 bridgehead atoms. The highest BCUT2D eigenvalue weighted by Gasteiger charge is 2.18. The standard InChI is InChI=1S/C11H16ClNO2/c1-4-10-9(5-6-15-10)11(14)13(3)7-8(2)12/h5-6,8H,4,7H2,1-3H3. The lowest BCUT2D eigenvalue weighted by Crippen LogP contribution is -2.31. The molecule has 1 rings (SSSR count). The average molecular weight is 230 g/mol. The van der Waals surface area contributed by atoms with Crippen LogP contribution in [0.2, 0.25) is 0 Å². The van der Waals surface area contributed by atoms with Gasteiger partial charge in [0.05, 0.1) is 11.8 Å². The number of hydrogen-bond acceptors (Lipinski definition) is 2. The first-order chi connectivity index (χ1) is 7.06. The quantitative estimate of drug-likeness (QED) is 0.744. The Bertz CT molecular complexity index is 333. The van der Waals surface area contributed by atoms with Crippen LogP contribution >= 0.6 is 11.6 Å². The first-order valence-electron chi connectivity index (χ1n) is 5.02. The number of hydrogen-bond donors (Lipinski definition) is 0. The largest absolute Gasteiger partial charge is 0.469 e. The fraction of sp³-hybridized carbons (Fsp3) is 0.545. The summed E-state index contributed by atoms with van der Waals surface area (Å²) in [4.78, 5) is 13.5. The summed E-state index contributed by atoms with van der Waals surface area (Å²) in [5.41, 5.74) is 0.636. The molecule has 0 aliphatic heterocycles. The SMILES string of the molecule is CCc1occc1C(=O)N(C)CC(C)Cl. The van der Waals surface area contributed by atoms with Gasteiger partial charge in [-0.05, 0) is 13.0 Å². The molecule has 1 aromatic heterocycles. The molecule has 1 aromatic rings. The number of alkyl halides is 1. The summed E-state index contributed by atoms with van der Waals surface area (Å²) >= 11 is 5.83. The van der Waals surface area contributed by atoms with Crippen molar-refractivity contribution in [3.8, 4) is 0 Å². The molecular formula is C11H16ClNO2. The lowest BCUT2D eigenvalue weighted by molar-refractivity contribution is 0.0794. The second-order valence-corrected chi connectivity index (χ2v) is 4.32. The van der Waals surface area contributed by atoms with Gasteiger partial charge in [0.2, 0.25) is 0 Å². The highest BCUT2D eigenvalue weighted by molar-refractivity contribution is 6.20. The minimum absolute atomic E-state index is 0.0342. The Morgan fingerprint density at radius 2 is 2.33 bits per heavy atom. The Hall–Kier alpha value is -0.960. The third-order valence-corrected chi connectivity index (χ3v) is 2.31.